The van der Waals surface area contributed by atoms with Gasteiger partial charge in [0.1, 0.15) is 0 Å². The van der Waals surface area contributed by atoms with Crippen LogP contribution >= 0.6 is 0 Å². The van der Waals surface area contributed by atoms with Crippen molar-refractivity contribution >= 4 is 10.0 Å². The van der Waals surface area contributed by atoms with E-state index in [9.17, 15) is 8.42 Å². The number of nitrogens with one attached hydrogen (secondary N) is 1. The standard InChI is InChI=1S/C28H35NO2S/c1-19(2)24-17-25(20(3)4)28(26(18-24)21(5)6)32(30,31)29-27(22-13-9-7-10-14-22)23-15-11-8-12-16-23/h7-21,27,29H,1-6H3. The Kier molecular flexibility index (Phi) is 7.58. The fourth-order valence-corrected chi connectivity index (χ4v) is 5.94. The van der Waals surface area contributed by atoms with Gasteiger partial charge in [-0.3, -0.25) is 0 Å². The Bertz CT molecular complexity index is 1070. The molecule has 0 aliphatic heterocycles. The van der Waals surface area contributed by atoms with Gasteiger partial charge >= 0.3 is 0 Å². The monoisotopic (exact) mass is 449 g/mol. The summed E-state index contributed by atoms with van der Waals surface area (Å²) in [5.74, 6) is 0.505. The van der Waals surface area contributed by atoms with E-state index < -0.39 is 16.1 Å². The molecule has 0 spiro atoms. The second kappa shape index (κ2) is 10.0. The van der Waals surface area contributed by atoms with E-state index in [1.807, 2.05) is 60.7 Å². The van der Waals surface area contributed by atoms with Crippen LogP contribution in [0.1, 0.15) is 93.2 Å². The molecule has 0 aliphatic carbocycles. The number of hydrogen-bond donors (Lipinski definition) is 1. The first kappa shape index (κ1) is 24.2. The van der Waals surface area contributed by atoms with Gasteiger partial charge in [-0.15, -0.1) is 0 Å². The lowest BCUT2D eigenvalue weighted by Crippen LogP contribution is -2.31. The van der Waals surface area contributed by atoms with Gasteiger partial charge in [0.2, 0.25) is 10.0 Å². The van der Waals surface area contributed by atoms with Crippen LogP contribution in [0.15, 0.2) is 77.7 Å². The van der Waals surface area contributed by atoms with Gasteiger partial charge in [0.15, 0.2) is 0 Å². The van der Waals surface area contributed by atoms with E-state index in [1.54, 1.807) is 0 Å². The van der Waals surface area contributed by atoms with Crippen molar-refractivity contribution in [1.82, 2.24) is 4.72 Å². The SMILES string of the molecule is CC(C)c1cc(C(C)C)c(S(=O)(=O)NC(c2ccccc2)c2ccccc2)c(C(C)C)c1. The smallest absolute Gasteiger partial charge is 0.207 e. The van der Waals surface area contributed by atoms with Gasteiger partial charge in [-0.05, 0) is 45.6 Å². The van der Waals surface area contributed by atoms with Crippen LogP contribution in [-0.2, 0) is 10.0 Å². The van der Waals surface area contributed by atoms with Gasteiger partial charge in [0.05, 0.1) is 10.9 Å². The Morgan fingerprint density at radius 3 is 1.34 bits per heavy atom. The van der Waals surface area contributed by atoms with E-state index in [0.717, 1.165) is 22.3 Å². The van der Waals surface area contributed by atoms with Crippen LogP contribution in [0.25, 0.3) is 0 Å². The molecule has 0 radical (unpaired) electrons. The van der Waals surface area contributed by atoms with Crippen LogP contribution in [0.2, 0.25) is 0 Å². The molecule has 1 N–H and O–H groups in total. The topological polar surface area (TPSA) is 46.2 Å². The molecule has 32 heavy (non-hydrogen) atoms. The maximum Gasteiger partial charge on any atom is 0.242 e. The van der Waals surface area contributed by atoms with Crippen molar-refractivity contribution in [3.8, 4) is 0 Å². The van der Waals surface area contributed by atoms with Crippen molar-refractivity contribution in [3.05, 3.63) is 101 Å². The fraction of sp³-hybridized carbons (Fsp3) is 0.357. The molecule has 0 atom stereocenters. The molecule has 0 amide bonds. The maximum absolute atomic E-state index is 14.0. The first-order chi connectivity index (χ1) is 15.1. The highest BCUT2D eigenvalue weighted by Crippen LogP contribution is 2.36. The average Bonchev–Trinajstić information content (AvgIpc) is 2.77. The van der Waals surface area contributed by atoms with E-state index in [2.05, 4.69) is 58.4 Å². The number of sulfonamides is 1. The third-order valence-electron chi connectivity index (χ3n) is 5.89. The van der Waals surface area contributed by atoms with Crippen molar-refractivity contribution in [2.24, 2.45) is 0 Å². The first-order valence-electron chi connectivity index (χ1n) is 11.4. The van der Waals surface area contributed by atoms with Crippen LogP contribution in [0.3, 0.4) is 0 Å². The molecule has 3 aromatic rings. The molecule has 0 saturated carbocycles. The highest BCUT2D eigenvalue weighted by atomic mass is 32.2. The summed E-state index contributed by atoms with van der Waals surface area (Å²) in [4.78, 5) is 0.434. The quantitative estimate of drug-likeness (QED) is 0.398. The normalized spacial score (nSPS) is 12.3. The number of benzene rings is 3. The zero-order valence-electron chi connectivity index (χ0n) is 20.0. The van der Waals surface area contributed by atoms with Gasteiger partial charge in [0, 0.05) is 0 Å². The highest BCUT2D eigenvalue weighted by Gasteiger charge is 2.30. The second-order valence-electron chi connectivity index (χ2n) is 9.37. The summed E-state index contributed by atoms with van der Waals surface area (Å²) in [7, 11) is -3.80. The lowest BCUT2D eigenvalue weighted by atomic mass is 9.89. The summed E-state index contributed by atoms with van der Waals surface area (Å²) < 4.78 is 31.1. The summed E-state index contributed by atoms with van der Waals surface area (Å²) in [6.07, 6.45) is 0. The highest BCUT2D eigenvalue weighted by molar-refractivity contribution is 7.89. The Morgan fingerprint density at radius 1 is 0.594 bits per heavy atom. The third kappa shape index (κ3) is 5.31. The summed E-state index contributed by atoms with van der Waals surface area (Å²) in [5.41, 5.74) is 4.77. The number of hydrogen-bond acceptors (Lipinski definition) is 2. The second-order valence-corrected chi connectivity index (χ2v) is 11.0. The van der Waals surface area contributed by atoms with Crippen LogP contribution < -0.4 is 4.72 Å². The molecule has 3 rings (SSSR count). The van der Waals surface area contributed by atoms with E-state index >= 15 is 0 Å². The van der Waals surface area contributed by atoms with Crippen molar-refractivity contribution in [2.75, 3.05) is 0 Å². The molecule has 0 fully saturated rings. The van der Waals surface area contributed by atoms with Gasteiger partial charge in [0.25, 0.3) is 0 Å². The van der Waals surface area contributed by atoms with Crippen molar-refractivity contribution in [3.63, 3.8) is 0 Å². The largest absolute Gasteiger partial charge is 0.242 e. The average molecular weight is 450 g/mol. The number of rotatable bonds is 8. The minimum Gasteiger partial charge on any atom is -0.207 e. The van der Waals surface area contributed by atoms with E-state index in [4.69, 9.17) is 0 Å². The molecule has 0 bridgehead atoms. The summed E-state index contributed by atoms with van der Waals surface area (Å²) in [6.45, 7) is 12.6. The molecule has 0 heterocycles. The van der Waals surface area contributed by atoms with Gasteiger partial charge < -0.3 is 0 Å². The van der Waals surface area contributed by atoms with Crippen LogP contribution in [0.4, 0.5) is 0 Å². The first-order valence-corrected chi connectivity index (χ1v) is 12.9. The van der Waals surface area contributed by atoms with Crippen LogP contribution in [-0.4, -0.2) is 8.42 Å². The Labute approximate surface area is 194 Å². The Morgan fingerprint density at radius 2 is 1.00 bits per heavy atom. The molecule has 4 heteroatoms. The molecule has 170 valence electrons. The Hall–Kier alpha value is -2.43. The van der Waals surface area contributed by atoms with Crippen molar-refractivity contribution in [2.45, 2.75) is 70.2 Å². The zero-order valence-corrected chi connectivity index (χ0v) is 20.8. The van der Waals surface area contributed by atoms with Gasteiger partial charge in [-0.1, -0.05) is 114 Å². The van der Waals surface area contributed by atoms with Gasteiger partial charge in [-0.25, -0.2) is 8.42 Å². The summed E-state index contributed by atoms with van der Waals surface area (Å²) in [5, 5.41) is 0. The molecule has 3 aromatic carbocycles. The van der Waals surface area contributed by atoms with Crippen molar-refractivity contribution < 1.29 is 8.42 Å². The maximum atomic E-state index is 14.0. The zero-order chi connectivity index (χ0) is 23.5. The van der Waals surface area contributed by atoms with Crippen LogP contribution in [0.5, 0.6) is 0 Å². The lowest BCUT2D eigenvalue weighted by molar-refractivity contribution is 0.567. The predicted octanol–water partition coefficient (Wildman–Crippen LogP) is 7.12. The molecule has 3 nitrogen and oxygen atoms in total. The molecular weight excluding hydrogens is 414 g/mol. The van der Waals surface area contributed by atoms with Crippen LogP contribution in [0, 0.1) is 0 Å². The van der Waals surface area contributed by atoms with E-state index in [0.29, 0.717) is 10.8 Å². The molecule has 0 aliphatic rings. The van der Waals surface area contributed by atoms with Crippen molar-refractivity contribution in [1.29, 1.82) is 0 Å². The van der Waals surface area contributed by atoms with E-state index in [1.165, 1.54) is 5.56 Å². The summed E-state index contributed by atoms with van der Waals surface area (Å²) >= 11 is 0. The lowest BCUT2D eigenvalue weighted by Gasteiger charge is -2.26. The van der Waals surface area contributed by atoms with E-state index in [-0.39, 0.29) is 11.8 Å². The van der Waals surface area contributed by atoms with Gasteiger partial charge in [-0.2, -0.15) is 4.72 Å². The molecule has 0 aromatic heterocycles. The molecule has 0 saturated heterocycles. The fourth-order valence-electron chi connectivity index (χ4n) is 4.03. The Balaban J connectivity index is 2.19. The summed E-state index contributed by atoms with van der Waals surface area (Å²) in [6, 6.07) is 23.2. The molecule has 0 unspecified atom stereocenters. The minimum atomic E-state index is -3.80. The molecular formula is C28H35NO2S. The predicted molar refractivity (Wildman–Crippen MR) is 134 cm³/mol. The minimum absolute atomic E-state index is 0.0877. The third-order valence-corrected chi connectivity index (χ3v) is 7.44.